The van der Waals surface area contributed by atoms with E-state index in [-0.39, 0.29) is 5.91 Å². The van der Waals surface area contributed by atoms with E-state index < -0.39 is 0 Å². The third-order valence-corrected chi connectivity index (χ3v) is 4.28. The molecule has 0 atom stereocenters. The molecule has 4 heteroatoms. The normalized spacial score (nSPS) is 11.0. The lowest BCUT2D eigenvalue weighted by atomic mass is 10.2. The molecule has 0 saturated carbocycles. The lowest BCUT2D eigenvalue weighted by molar-refractivity contribution is 0.0893. The van der Waals surface area contributed by atoms with Gasteiger partial charge in [-0.3, -0.25) is 9.78 Å². The number of benzene rings is 2. The second kappa shape index (κ2) is 8.59. The molecule has 0 aliphatic carbocycles. The Bertz CT molecular complexity index is 857. The third kappa shape index (κ3) is 3.92. The highest BCUT2D eigenvalue weighted by Gasteiger charge is 2.24. The highest BCUT2D eigenvalue weighted by atomic mass is 16.2. The molecule has 0 radical (unpaired) electrons. The van der Waals surface area contributed by atoms with Crippen LogP contribution in [0.3, 0.4) is 0 Å². The van der Waals surface area contributed by atoms with E-state index in [4.69, 9.17) is 0 Å². The molecule has 26 heavy (non-hydrogen) atoms. The average Bonchev–Trinajstić information content (AvgIpc) is 2.69. The summed E-state index contributed by atoms with van der Waals surface area (Å²) in [5.41, 5.74) is 2.42. The fourth-order valence-electron chi connectivity index (χ4n) is 3.12. The Hall–Kier alpha value is -2.72. The Morgan fingerprint density at radius 1 is 0.923 bits per heavy atom. The maximum absolute atomic E-state index is 13.3. The Kier molecular flexibility index (Phi) is 5.97. The molecule has 4 nitrogen and oxygen atoms in total. The number of hydrogen-bond donors (Lipinski definition) is 0. The quantitative estimate of drug-likeness (QED) is 0.569. The van der Waals surface area contributed by atoms with Crippen LogP contribution in [-0.2, 0) is 0 Å². The van der Waals surface area contributed by atoms with Crippen LogP contribution in [0.4, 0.5) is 5.69 Å². The summed E-state index contributed by atoms with van der Waals surface area (Å²) in [4.78, 5) is 17.9. The summed E-state index contributed by atoms with van der Waals surface area (Å²) in [6.45, 7) is 5.90. The van der Waals surface area contributed by atoms with Crippen LogP contribution in [0, 0.1) is 0 Å². The van der Waals surface area contributed by atoms with E-state index in [0.29, 0.717) is 5.56 Å². The Balaban J connectivity index is 2.07. The van der Waals surface area contributed by atoms with Crippen molar-refractivity contribution in [2.24, 2.45) is 0 Å². The second-order valence-corrected chi connectivity index (χ2v) is 6.32. The summed E-state index contributed by atoms with van der Waals surface area (Å²) in [6.07, 6.45) is 3.74. The molecule has 0 N–H and O–H groups in total. The molecule has 3 rings (SSSR count). The van der Waals surface area contributed by atoms with Gasteiger partial charge in [-0.05, 0) is 37.1 Å². The van der Waals surface area contributed by atoms with Gasteiger partial charge in [0.05, 0.1) is 17.4 Å². The number of hydrazine groups is 1. The van der Waals surface area contributed by atoms with Crippen LogP contribution >= 0.6 is 0 Å². The minimum absolute atomic E-state index is 0.0235. The Morgan fingerprint density at radius 2 is 1.58 bits per heavy atom. The number of para-hydroxylation sites is 1. The first-order valence-corrected chi connectivity index (χ1v) is 9.23. The van der Waals surface area contributed by atoms with Crippen LogP contribution < -0.4 is 5.01 Å². The average molecular weight is 347 g/mol. The number of fused-ring (bicyclic) bond motifs is 1. The number of anilines is 1. The molecule has 134 valence electrons. The summed E-state index contributed by atoms with van der Waals surface area (Å²) in [5, 5.41) is 4.95. The van der Waals surface area contributed by atoms with Gasteiger partial charge >= 0.3 is 0 Å². The fourth-order valence-corrected chi connectivity index (χ4v) is 3.12. The molecule has 0 saturated heterocycles. The van der Waals surface area contributed by atoms with Gasteiger partial charge in [-0.1, -0.05) is 50.2 Å². The lowest BCUT2D eigenvalue weighted by Crippen LogP contribution is -2.47. The van der Waals surface area contributed by atoms with E-state index in [9.17, 15) is 4.79 Å². The van der Waals surface area contributed by atoms with Crippen LogP contribution in [0.1, 0.15) is 37.0 Å². The number of aromatic nitrogens is 1. The standard InChI is InChI=1S/C22H25N3O/c1-3-14-24(15-4-2)25(22(26)18-10-6-5-7-11-18)20-16-19-12-8-9-13-21(19)23-17-20/h5-13,16-17H,3-4,14-15H2,1-2H3. The molecule has 0 unspecified atom stereocenters. The van der Waals surface area contributed by atoms with Crippen molar-refractivity contribution in [3.05, 3.63) is 72.4 Å². The molecule has 2 aromatic carbocycles. The zero-order valence-corrected chi connectivity index (χ0v) is 15.4. The molecular formula is C22H25N3O. The number of rotatable bonds is 7. The summed E-state index contributed by atoms with van der Waals surface area (Å²) < 4.78 is 0. The van der Waals surface area contributed by atoms with Gasteiger partial charge in [-0.2, -0.15) is 0 Å². The molecule has 0 bridgehead atoms. The monoisotopic (exact) mass is 347 g/mol. The number of carbonyl (C=O) groups excluding carboxylic acids is 1. The molecule has 0 fully saturated rings. The highest BCUT2D eigenvalue weighted by Crippen LogP contribution is 2.24. The Labute approximate surface area is 155 Å². The van der Waals surface area contributed by atoms with E-state index >= 15 is 0 Å². The van der Waals surface area contributed by atoms with E-state index in [2.05, 4.69) is 23.8 Å². The maximum Gasteiger partial charge on any atom is 0.272 e. The van der Waals surface area contributed by atoms with Crippen molar-refractivity contribution in [2.75, 3.05) is 18.1 Å². The highest BCUT2D eigenvalue weighted by molar-refractivity contribution is 6.06. The fraction of sp³-hybridized carbons (Fsp3) is 0.273. The first-order valence-electron chi connectivity index (χ1n) is 9.23. The number of pyridine rings is 1. The SMILES string of the molecule is CCCN(CCC)N(C(=O)c1ccccc1)c1cnc2ccccc2c1. The van der Waals surface area contributed by atoms with Gasteiger partial charge in [0.2, 0.25) is 0 Å². The maximum atomic E-state index is 13.3. The minimum atomic E-state index is -0.0235. The third-order valence-electron chi connectivity index (χ3n) is 4.28. The molecule has 1 amide bonds. The second-order valence-electron chi connectivity index (χ2n) is 6.32. The van der Waals surface area contributed by atoms with Gasteiger partial charge in [0.25, 0.3) is 5.91 Å². The van der Waals surface area contributed by atoms with E-state index in [0.717, 1.165) is 42.5 Å². The first-order chi connectivity index (χ1) is 12.7. The molecule has 0 aliphatic rings. The van der Waals surface area contributed by atoms with Crippen molar-refractivity contribution < 1.29 is 4.79 Å². The summed E-state index contributed by atoms with van der Waals surface area (Å²) in [5.74, 6) is -0.0235. The van der Waals surface area contributed by atoms with Crippen LogP contribution in [0.5, 0.6) is 0 Å². The number of amides is 1. The lowest BCUT2D eigenvalue weighted by Gasteiger charge is -2.34. The van der Waals surface area contributed by atoms with Crippen LogP contribution in [0.15, 0.2) is 66.9 Å². The number of carbonyl (C=O) groups is 1. The van der Waals surface area contributed by atoms with Crippen molar-refractivity contribution in [2.45, 2.75) is 26.7 Å². The summed E-state index contributed by atoms with van der Waals surface area (Å²) >= 11 is 0. The molecule has 3 aromatic rings. The first kappa shape index (κ1) is 18.1. The Morgan fingerprint density at radius 3 is 2.27 bits per heavy atom. The summed E-state index contributed by atoms with van der Waals surface area (Å²) in [7, 11) is 0. The molecule has 1 aromatic heterocycles. The molecule has 1 heterocycles. The predicted octanol–water partition coefficient (Wildman–Crippen LogP) is 4.92. The molecular weight excluding hydrogens is 322 g/mol. The smallest absolute Gasteiger partial charge is 0.267 e. The van der Waals surface area contributed by atoms with E-state index in [1.807, 2.05) is 60.7 Å². The minimum Gasteiger partial charge on any atom is -0.267 e. The van der Waals surface area contributed by atoms with E-state index in [1.54, 1.807) is 11.2 Å². The molecule has 0 aliphatic heterocycles. The topological polar surface area (TPSA) is 36.4 Å². The molecule has 0 spiro atoms. The van der Waals surface area contributed by atoms with Gasteiger partial charge in [0.1, 0.15) is 0 Å². The van der Waals surface area contributed by atoms with Crippen LogP contribution in [0.25, 0.3) is 10.9 Å². The van der Waals surface area contributed by atoms with Crippen LogP contribution in [-0.4, -0.2) is 29.0 Å². The number of hydrogen-bond acceptors (Lipinski definition) is 3. The van der Waals surface area contributed by atoms with Gasteiger partial charge in [-0.15, -0.1) is 0 Å². The van der Waals surface area contributed by atoms with Gasteiger partial charge in [0, 0.05) is 24.0 Å². The summed E-state index contributed by atoms with van der Waals surface area (Å²) in [6, 6.07) is 19.5. The zero-order valence-electron chi connectivity index (χ0n) is 15.4. The van der Waals surface area contributed by atoms with Crippen molar-refractivity contribution in [3.63, 3.8) is 0 Å². The van der Waals surface area contributed by atoms with Gasteiger partial charge < -0.3 is 0 Å². The largest absolute Gasteiger partial charge is 0.272 e. The number of nitrogens with zero attached hydrogens (tertiary/aromatic N) is 3. The van der Waals surface area contributed by atoms with Crippen LogP contribution in [0.2, 0.25) is 0 Å². The van der Waals surface area contributed by atoms with Crippen molar-refractivity contribution in [1.29, 1.82) is 0 Å². The van der Waals surface area contributed by atoms with Crippen molar-refractivity contribution >= 4 is 22.5 Å². The van der Waals surface area contributed by atoms with Gasteiger partial charge in [-0.25, -0.2) is 10.0 Å². The predicted molar refractivity (Wildman–Crippen MR) is 107 cm³/mol. The van der Waals surface area contributed by atoms with Crippen molar-refractivity contribution in [1.82, 2.24) is 9.99 Å². The van der Waals surface area contributed by atoms with E-state index in [1.165, 1.54) is 0 Å². The van der Waals surface area contributed by atoms with Gasteiger partial charge in [0.15, 0.2) is 0 Å². The van der Waals surface area contributed by atoms with Crippen molar-refractivity contribution in [3.8, 4) is 0 Å². The zero-order chi connectivity index (χ0) is 18.4.